The van der Waals surface area contributed by atoms with Gasteiger partial charge in [-0.3, -0.25) is 5.32 Å². The molecule has 19 heavy (non-hydrogen) atoms. The van der Waals surface area contributed by atoms with Crippen LogP contribution in [0.4, 0.5) is 0 Å². The van der Waals surface area contributed by atoms with Crippen molar-refractivity contribution in [2.75, 3.05) is 0 Å². The van der Waals surface area contributed by atoms with Crippen molar-refractivity contribution in [2.24, 2.45) is 0 Å². The number of carbonyl (C=O) groups excluding carboxylic acids is 1. The van der Waals surface area contributed by atoms with Gasteiger partial charge in [-0.15, -0.1) is 12.4 Å². The molecule has 2 rings (SSSR count). The van der Waals surface area contributed by atoms with Gasteiger partial charge in [0.25, 0.3) is 0 Å². The predicted octanol–water partition coefficient (Wildman–Crippen LogP) is 2.84. The van der Waals surface area contributed by atoms with Gasteiger partial charge in [-0.25, -0.2) is 0 Å². The smallest absolute Gasteiger partial charge is 0.141 e. The summed E-state index contributed by atoms with van der Waals surface area (Å²) in [5.74, 6) is 0.200. The zero-order valence-corrected chi connectivity index (χ0v) is 11.1. The molecular weight excluding hydrogens is 262 g/mol. The molecule has 0 amide bonds. The lowest BCUT2D eigenvalue weighted by molar-refractivity contribution is -0.109. The molecule has 100 valence electrons. The minimum absolute atomic E-state index is 0. The van der Waals surface area contributed by atoms with E-state index >= 15 is 0 Å². The third-order valence-electron chi connectivity index (χ3n) is 2.76. The van der Waals surface area contributed by atoms with Gasteiger partial charge >= 0.3 is 0 Å². The standard InChI is InChI=1S/C15H15NO2.ClH/c17-11-15(13-6-8-14(18)9-7-13)16-10-12-4-2-1-3-5-12;/h1-9,11,15-16,18H,10H2;1H. The monoisotopic (exact) mass is 277 g/mol. The van der Waals surface area contributed by atoms with E-state index in [1.54, 1.807) is 24.3 Å². The number of hydrogen-bond acceptors (Lipinski definition) is 3. The molecule has 0 bridgehead atoms. The average molecular weight is 278 g/mol. The zero-order valence-electron chi connectivity index (χ0n) is 10.3. The van der Waals surface area contributed by atoms with E-state index in [0.29, 0.717) is 6.54 Å². The first-order valence-electron chi connectivity index (χ1n) is 5.81. The fourth-order valence-corrected chi connectivity index (χ4v) is 1.75. The Morgan fingerprint density at radius 2 is 1.68 bits per heavy atom. The van der Waals surface area contributed by atoms with Crippen LogP contribution >= 0.6 is 12.4 Å². The molecule has 0 spiro atoms. The highest BCUT2D eigenvalue weighted by Crippen LogP contribution is 2.15. The molecule has 1 atom stereocenters. The highest BCUT2D eigenvalue weighted by Gasteiger charge is 2.09. The average Bonchev–Trinajstić information content (AvgIpc) is 2.42. The lowest BCUT2D eigenvalue weighted by Crippen LogP contribution is -2.21. The van der Waals surface area contributed by atoms with Crippen LogP contribution in [0.5, 0.6) is 5.75 Å². The second kappa shape index (κ2) is 7.56. The number of rotatable bonds is 5. The second-order valence-electron chi connectivity index (χ2n) is 4.07. The Labute approximate surface area is 118 Å². The molecule has 0 saturated heterocycles. The van der Waals surface area contributed by atoms with E-state index in [9.17, 15) is 9.90 Å². The van der Waals surface area contributed by atoms with E-state index in [2.05, 4.69) is 5.32 Å². The van der Waals surface area contributed by atoms with E-state index < -0.39 is 0 Å². The Kier molecular flexibility index (Phi) is 6.06. The van der Waals surface area contributed by atoms with Gasteiger partial charge in [0.15, 0.2) is 0 Å². The number of aldehydes is 1. The van der Waals surface area contributed by atoms with Crippen LogP contribution < -0.4 is 5.32 Å². The minimum atomic E-state index is -0.356. The molecule has 2 N–H and O–H groups in total. The van der Waals surface area contributed by atoms with Crippen molar-refractivity contribution in [1.29, 1.82) is 0 Å². The Morgan fingerprint density at radius 3 is 2.26 bits per heavy atom. The number of hydrogen-bond donors (Lipinski definition) is 2. The summed E-state index contributed by atoms with van der Waals surface area (Å²) in [7, 11) is 0. The first kappa shape index (κ1) is 15.2. The molecule has 0 heterocycles. The van der Waals surface area contributed by atoms with Crippen molar-refractivity contribution in [2.45, 2.75) is 12.6 Å². The SMILES string of the molecule is Cl.O=CC(NCc1ccccc1)c1ccc(O)cc1. The van der Waals surface area contributed by atoms with E-state index in [1.807, 2.05) is 30.3 Å². The molecule has 3 nitrogen and oxygen atoms in total. The van der Waals surface area contributed by atoms with Gasteiger partial charge in [0.2, 0.25) is 0 Å². The molecule has 0 saturated carbocycles. The number of nitrogens with one attached hydrogen (secondary N) is 1. The molecule has 0 aliphatic carbocycles. The quantitative estimate of drug-likeness (QED) is 0.826. The van der Waals surface area contributed by atoms with Crippen LogP contribution in [0.3, 0.4) is 0 Å². The summed E-state index contributed by atoms with van der Waals surface area (Å²) >= 11 is 0. The maximum atomic E-state index is 11.1. The molecular formula is C15H16ClNO2. The number of phenolic OH excluding ortho intramolecular Hbond substituents is 1. The summed E-state index contributed by atoms with van der Waals surface area (Å²) in [4.78, 5) is 11.1. The normalized spacial score (nSPS) is 11.4. The molecule has 4 heteroatoms. The molecule has 0 aliphatic rings. The topological polar surface area (TPSA) is 49.3 Å². The van der Waals surface area contributed by atoms with Gasteiger partial charge < -0.3 is 9.90 Å². The summed E-state index contributed by atoms with van der Waals surface area (Å²) in [6, 6.07) is 16.2. The van der Waals surface area contributed by atoms with Crippen LogP contribution in [-0.4, -0.2) is 11.4 Å². The Morgan fingerprint density at radius 1 is 1.05 bits per heavy atom. The maximum Gasteiger partial charge on any atom is 0.141 e. The number of halogens is 1. The Bertz CT molecular complexity index is 499. The largest absolute Gasteiger partial charge is 0.508 e. The van der Waals surface area contributed by atoms with Crippen LogP contribution in [0.2, 0.25) is 0 Å². The van der Waals surface area contributed by atoms with E-state index in [4.69, 9.17) is 0 Å². The van der Waals surface area contributed by atoms with Gasteiger partial charge in [0.05, 0.1) is 6.04 Å². The summed E-state index contributed by atoms with van der Waals surface area (Å²) in [5, 5.41) is 12.4. The van der Waals surface area contributed by atoms with Gasteiger partial charge in [-0.1, -0.05) is 42.5 Å². The third kappa shape index (κ3) is 4.39. The fraction of sp³-hybridized carbons (Fsp3) is 0.133. The zero-order chi connectivity index (χ0) is 12.8. The number of benzene rings is 2. The number of aromatic hydroxyl groups is 1. The summed E-state index contributed by atoms with van der Waals surface area (Å²) < 4.78 is 0. The molecule has 0 aromatic heterocycles. The van der Waals surface area contributed by atoms with Crippen LogP contribution in [0.1, 0.15) is 17.2 Å². The van der Waals surface area contributed by atoms with Crippen molar-refractivity contribution in [1.82, 2.24) is 5.32 Å². The molecule has 2 aromatic carbocycles. The molecule has 2 aromatic rings. The van der Waals surface area contributed by atoms with E-state index in [0.717, 1.165) is 17.4 Å². The van der Waals surface area contributed by atoms with Crippen molar-refractivity contribution >= 4 is 18.7 Å². The number of carbonyl (C=O) groups is 1. The van der Waals surface area contributed by atoms with Gasteiger partial charge in [0, 0.05) is 6.54 Å². The van der Waals surface area contributed by atoms with E-state index in [1.165, 1.54) is 0 Å². The van der Waals surface area contributed by atoms with Crippen molar-refractivity contribution < 1.29 is 9.90 Å². The lowest BCUT2D eigenvalue weighted by Gasteiger charge is -2.13. The third-order valence-corrected chi connectivity index (χ3v) is 2.76. The lowest BCUT2D eigenvalue weighted by atomic mass is 10.1. The fourth-order valence-electron chi connectivity index (χ4n) is 1.75. The molecule has 0 fully saturated rings. The molecule has 0 aliphatic heterocycles. The van der Waals surface area contributed by atoms with Crippen LogP contribution in [0.15, 0.2) is 54.6 Å². The summed E-state index contributed by atoms with van der Waals surface area (Å²) in [6.07, 6.45) is 0.870. The number of phenols is 1. The van der Waals surface area contributed by atoms with Gasteiger partial charge in [-0.2, -0.15) is 0 Å². The van der Waals surface area contributed by atoms with Crippen LogP contribution in [0.25, 0.3) is 0 Å². The van der Waals surface area contributed by atoms with Crippen LogP contribution in [0, 0.1) is 0 Å². The second-order valence-corrected chi connectivity index (χ2v) is 4.07. The van der Waals surface area contributed by atoms with Crippen molar-refractivity contribution in [3.63, 3.8) is 0 Å². The van der Waals surface area contributed by atoms with Gasteiger partial charge in [0.1, 0.15) is 12.0 Å². The first-order valence-corrected chi connectivity index (χ1v) is 5.81. The summed E-state index contributed by atoms with van der Waals surface area (Å²) in [6.45, 7) is 0.630. The molecule has 1 unspecified atom stereocenters. The van der Waals surface area contributed by atoms with Crippen molar-refractivity contribution in [3.8, 4) is 5.75 Å². The van der Waals surface area contributed by atoms with E-state index in [-0.39, 0.29) is 24.2 Å². The van der Waals surface area contributed by atoms with Crippen LogP contribution in [-0.2, 0) is 11.3 Å². The van der Waals surface area contributed by atoms with Crippen molar-refractivity contribution in [3.05, 3.63) is 65.7 Å². The minimum Gasteiger partial charge on any atom is -0.508 e. The highest BCUT2D eigenvalue weighted by molar-refractivity contribution is 5.85. The Balaban J connectivity index is 0.00000180. The highest BCUT2D eigenvalue weighted by atomic mass is 35.5. The Hall–Kier alpha value is -1.84. The summed E-state index contributed by atoms with van der Waals surface area (Å²) in [5.41, 5.74) is 1.97. The molecule has 0 radical (unpaired) electrons. The first-order chi connectivity index (χ1) is 8.79. The predicted molar refractivity (Wildman–Crippen MR) is 77.4 cm³/mol. The van der Waals surface area contributed by atoms with Gasteiger partial charge in [-0.05, 0) is 23.3 Å². The maximum absolute atomic E-state index is 11.1.